The molecule has 1 aliphatic rings. The molecule has 3 heterocycles. The third kappa shape index (κ3) is 2.35. The second kappa shape index (κ2) is 5.04. The summed E-state index contributed by atoms with van der Waals surface area (Å²) in [5.41, 5.74) is 3.20. The Hall–Kier alpha value is -2.08. The van der Waals surface area contributed by atoms with Crippen LogP contribution in [0.2, 0.25) is 0 Å². The van der Waals surface area contributed by atoms with E-state index in [0.29, 0.717) is 12.5 Å². The Labute approximate surface area is 130 Å². The molecule has 21 heavy (non-hydrogen) atoms. The first-order valence-electron chi connectivity index (χ1n) is 6.79. The zero-order valence-electron chi connectivity index (χ0n) is 11.2. The number of rotatable bonds is 3. The molecule has 0 radical (unpaired) electrons. The Bertz CT molecular complexity index is 782. The molecule has 0 bridgehead atoms. The van der Waals surface area contributed by atoms with Gasteiger partial charge in [-0.2, -0.15) is 4.98 Å². The van der Waals surface area contributed by atoms with E-state index in [1.54, 1.807) is 4.52 Å². The summed E-state index contributed by atoms with van der Waals surface area (Å²) >= 11 is 3.55. The van der Waals surface area contributed by atoms with Crippen molar-refractivity contribution in [2.75, 3.05) is 11.9 Å². The van der Waals surface area contributed by atoms with Gasteiger partial charge in [-0.1, -0.05) is 22.0 Å². The van der Waals surface area contributed by atoms with Gasteiger partial charge in [0.25, 0.3) is 0 Å². The molecule has 0 amide bonds. The smallest absolute Gasteiger partial charge is 0.243 e. The maximum atomic E-state index is 5.73. The van der Waals surface area contributed by atoms with Crippen molar-refractivity contribution in [1.82, 2.24) is 14.6 Å². The highest BCUT2D eigenvalue weighted by Crippen LogP contribution is 2.33. The molecule has 0 unspecified atom stereocenters. The maximum Gasteiger partial charge on any atom is 0.243 e. The zero-order chi connectivity index (χ0) is 14.2. The molecule has 0 atom stereocenters. The van der Waals surface area contributed by atoms with Crippen molar-refractivity contribution in [3.05, 3.63) is 52.1 Å². The van der Waals surface area contributed by atoms with E-state index in [0.717, 1.165) is 34.5 Å². The summed E-state index contributed by atoms with van der Waals surface area (Å²) in [4.78, 5) is 4.43. The largest absolute Gasteiger partial charge is 0.493 e. The van der Waals surface area contributed by atoms with Crippen LogP contribution < -0.4 is 10.1 Å². The van der Waals surface area contributed by atoms with Crippen LogP contribution >= 0.6 is 15.9 Å². The van der Waals surface area contributed by atoms with Crippen molar-refractivity contribution in [3.8, 4) is 5.75 Å². The Kier molecular flexibility index (Phi) is 3.03. The minimum atomic E-state index is 0.618. The van der Waals surface area contributed by atoms with Gasteiger partial charge in [-0.15, -0.1) is 5.10 Å². The van der Waals surface area contributed by atoms with Gasteiger partial charge in [0.2, 0.25) is 5.95 Å². The molecule has 0 fully saturated rings. The fourth-order valence-corrected chi connectivity index (χ4v) is 3.11. The summed E-state index contributed by atoms with van der Waals surface area (Å²) in [6, 6.07) is 10.0. The third-order valence-corrected chi connectivity index (χ3v) is 3.96. The number of nitrogens with one attached hydrogen (secondary N) is 1. The molecule has 6 heteroatoms. The van der Waals surface area contributed by atoms with Crippen molar-refractivity contribution < 1.29 is 4.74 Å². The molecular weight excluding hydrogens is 332 g/mol. The van der Waals surface area contributed by atoms with Crippen LogP contribution in [0.1, 0.15) is 11.1 Å². The average Bonchev–Trinajstić information content (AvgIpc) is 3.10. The first kappa shape index (κ1) is 12.6. The monoisotopic (exact) mass is 344 g/mol. The summed E-state index contributed by atoms with van der Waals surface area (Å²) in [6.45, 7) is 1.39. The molecule has 1 aromatic carbocycles. The molecule has 2 aromatic heterocycles. The average molecular weight is 345 g/mol. The van der Waals surface area contributed by atoms with Gasteiger partial charge in [0.05, 0.1) is 6.61 Å². The van der Waals surface area contributed by atoms with Crippen LogP contribution in [0.15, 0.2) is 41.0 Å². The lowest BCUT2D eigenvalue weighted by molar-refractivity contribution is 0.354. The van der Waals surface area contributed by atoms with Crippen molar-refractivity contribution in [2.24, 2.45) is 0 Å². The van der Waals surface area contributed by atoms with Crippen molar-refractivity contribution in [2.45, 2.75) is 13.0 Å². The van der Waals surface area contributed by atoms with E-state index >= 15 is 0 Å². The highest BCUT2D eigenvalue weighted by Gasteiger charge is 2.17. The van der Waals surface area contributed by atoms with Gasteiger partial charge in [-0.25, -0.2) is 4.52 Å². The molecule has 1 aliphatic heterocycles. The quantitative estimate of drug-likeness (QED) is 0.793. The fraction of sp³-hybridized carbons (Fsp3) is 0.200. The van der Waals surface area contributed by atoms with Crippen molar-refractivity contribution >= 4 is 27.5 Å². The summed E-state index contributed by atoms with van der Waals surface area (Å²) in [7, 11) is 0. The molecule has 0 saturated carbocycles. The first-order valence-corrected chi connectivity index (χ1v) is 7.58. The van der Waals surface area contributed by atoms with Gasteiger partial charge in [-0.05, 0) is 29.8 Å². The summed E-state index contributed by atoms with van der Waals surface area (Å²) in [5, 5.41) is 7.65. The number of hydrogen-bond donors (Lipinski definition) is 1. The van der Waals surface area contributed by atoms with Gasteiger partial charge in [0.15, 0.2) is 5.65 Å². The molecule has 0 aliphatic carbocycles. The normalized spacial score (nSPS) is 13.2. The highest BCUT2D eigenvalue weighted by atomic mass is 79.9. The summed E-state index contributed by atoms with van der Waals surface area (Å²) in [6.07, 6.45) is 2.85. The molecule has 106 valence electrons. The summed E-state index contributed by atoms with van der Waals surface area (Å²) < 4.78 is 8.55. The first-order chi connectivity index (χ1) is 10.3. The third-order valence-electron chi connectivity index (χ3n) is 3.50. The molecule has 3 aromatic rings. The van der Waals surface area contributed by atoms with E-state index in [-0.39, 0.29) is 0 Å². The van der Waals surface area contributed by atoms with E-state index in [9.17, 15) is 0 Å². The number of pyridine rings is 1. The minimum Gasteiger partial charge on any atom is -0.493 e. The van der Waals surface area contributed by atoms with Gasteiger partial charge in [0.1, 0.15) is 5.75 Å². The Morgan fingerprint density at radius 1 is 1.33 bits per heavy atom. The molecular formula is C15H13BrN4O. The lowest BCUT2D eigenvalue weighted by Crippen LogP contribution is -2.03. The van der Waals surface area contributed by atoms with Crippen LogP contribution in [0, 0.1) is 0 Å². The van der Waals surface area contributed by atoms with E-state index in [1.165, 1.54) is 5.56 Å². The molecule has 1 N–H and O–H groups in total. The number of nitrogens with zero attached hydrogens (tertiary/aromatic N) is 3. The van der Waals surface area contributed by atoms with Crippen LogP contribution in [0.25, 0.3) is 5.65 Å². The molecule has 0 saturated heterocycles. The second-order valence-electron chi connectivity index (χ2n) is 4.94. The number of fused-ring (bicyclic) bond motifs is 2. The second-order valence-corrected chi connectivity index (χ2v) is 5.86. The van der Waals surface area contributed by atoms with Crippen LogP contribution in [-0.4, -0.2) is 21.2 Å². The van der Waals surface area contributed by atoms with E-state index < -0.39 is 0 Å². The standard InChI is InChI=1S/C15H13BrN4O/c16-12-7-10-4-6-21-14(10)11(8-12)9-17-15-18-13-3-1-2-5-20(13)19-15/h1-3,5,7-8H,4,6,9H2,(H,17,19). The van der Waals surface area contributed by atoms with E-state index in [2.05, 4.69) is 43.5 Å². The van der Waals surface area contributed by atoms with Gasteiger partial charge in [-0.3, -0.25) is 0 Å². The van der Waals surface area contributed by atoms with Crippen molar-refractivity contribution in [3.63, 3.8) is 0 Å². The molecule has 0 spiro atoms. The van der Waals surface area contributed by atoms with Gasteiger partial charge >= 0.3 is 0 Å². The zero-order valence-corrected chi connectivity index (χ0v) is 12.8. The van der Waals surface area contributed by atoms with Crippen LogP contribution in [-0.2, 0) is 13.0 Å². The van der Waals surface area contributed by atoms with Crippen molar-refractivity contribution in [1.29, 1.82) is 0 Å². The topological polar surface area (TPSA) is 51.5 Å². The van der Waals surface area contributed by atoms with E-state index in [4.69, 9.17) is 4.74 Å². The van der Waals surface area contributed by atoms with E-state index in [1.807, 2.05) is 24.4 Å². The lowest BCUT2D eigenvalue weighted by Gasteiger charge is -2.09. The predicted molar refractivity (Wildman–Crippen MR) is 83.7 cm³/mol. The predicted octanol–water partition coefficient (Wildman–Crippen LogP) is 3.04. The molecule has 4 rings (SSSR count). The Morgan fingerprint density at radius 2 is 2.29 bits per heavy atom. The SMILES string of the molecule is Brc1cc2c(c(CNc3nc4ccccn4n3)c1)OCC2. The highest BCUT2D eigenvalue weighted by molar-refractivity contribution is 9.10. The number of hydrogen-bond acceptors (Lipinski definition) is 4. The fourth-order valence-electron chi connectivity index (χ4n) is 2.56. The number of benzene rings is 1. The number of halogens is 1. The Morgan fingerprint density at radius 3 is 3.19 bits per heavy atom. The number of anilines is 1. The summed E-state index contributed by atoms with van der Waals surface area (Å²) in [5.74, 6) is 1.61. The maximum absolute atomic E-state index is 5.73. The van der Waals surface area contributed by atoms with Crippen LogP contribution in [0.3, 0.4) is 0 Å². The van der Waals surface area contributed by atoms with Gasteiger partial charge < -0.3 is 10.1 Å². The number of aromatic nitrogens is 3. The van der Waals surface area contributed by atoms with Gasteiger partial charge in [0, 0.05) is 29.2 Å². The van der Waals surface area contributed by atoms with Crippen LogP contribution in [0.4, 0.5) is 5.95 Å². The number of ether oxygens (including phenoxy) is 1. The minimum absolute atomic E-state index is 0.618. The Balaban J connectivity index is 1.59. The molecule has 5 nitrogen and oxygen atoms in total. The van der Waals surface area contributed by atoms with Crippen LogP contribution in [0.5, 0.6) is 5.75 Å². The lowest BCUT2D eigenvalue weighted by atomic mass is 10.1.